The Morgan fingerprint density at radius 3 is 1.92 bits per heavy atom. The third-order valence-electron chi connectivity index (χ3n) is 6.26. The van der Waals surface area contributed by atoms with Gasteiger partial charge in [-0.3, -0.25) is 0 Å². The Bertz CT molecular complexity index is 1040. The molecule has 0 radical (unpaired) electrons. The molecule has 0 unspecified atom stereocenters. The fraction of sp³-hybridized carbons (Fsp3) is 0.400. The predicted octanol–water partition coefficient (Wildman–Crippen LogP) is 3.48. The van der Waals surface area contributed by atoms with Gasteiger partial charge in [-0.1, -0.05) is 72.8 Å². The molecule has 3 aromatic rings. The molecule has 0 bridgehead atoms. The van der Waals surface area contributed by atoms with E-state index in [0.29, 0.717) is 19.8 Å². The van der Waals surface area contributed by atoms with Gasteiger partial charge in [0.2, 0.25) is 0 Å². The lowest BCUT2D eigenvalue weighted by Gasteiger charge is -2.42. The lowest BCUT2D eigenvalue weighted by molar-refractivity contribution is -0.315. The summed E-state index contributed by atoms with van der Waals surface area (Å²) in [5.74, 6) is 0.788. The fourth-order valence-corrected chi connectivity index (χ4v) is 4.12. The van der Waals surface area contributed by atoms with Crippen LogP contribution in [0.15, 0.2) is 84.9 Å². The van der Waals surface area contributed by atoms with Crippen molar-refractivity contribution in [3.05, 3.63) is 102 Å². The highest BCUT2D eigenvalue weighted by atomic mass is 16.7. The van der Waals surface area contributed by atoms with Crippen molar-refractivity contribution in [3.8, 4) is 5.75 Å². The maximum Gasteiger partial charge on any atom is 0.187 e. The summed E-state index contributed by atoms with van der Waals surface area (Å²) < 4.78 is 34.7. The second-order valence-electron chi connectivity index (χ2n) is 9.06. The standard InChI is InChI=1S/C30H36O8/c1-33-25-14-12-24(13-15-25)18-34-16-17-36-30-29(37-20-23-10-6-3-7-11-23)28(32)27(31)26(38-30)21-35-19-22-8-4-2-5-9-22/h2-15,26-32H,16-21H2,1H3/t26-,27+,28+,29-,30-/m1/s1. The van der Waals surface area contributed by atoms with E-state index < -0.39 is 30.7 Å². The van der Waals surface area contributed by atoms with Gasteiger partial charge in [-0.2, -0.15) is 0 Å². The van der Waals surface area contributed by atoms with Crippen LogP contribution in [0.1, 0.15) is 16.7 Å². The quantitative estimate of drug-likeness (QED) is 0.310. The van der Waals surface area contributed by atoms with Crippen molar-refractivity contribution < 1.29 is 38.6 Å². The van der Waals surface area contributed by atoms with Gasteiger partial charge in [-0.25, -0.2) is 0 Å². The molecule has 0 aromatic heterocycles. The highest BCUT2D eigenvalue weighted by Crippen LogP contribution is 2.26. The zero-order chi connectivity index (χ0) is 26.6. The lowest BCUT2D eigenvalue weighted by atomic mass is 9.99. The zero-order valence-corrected chi connectivity index (χ0v) is 21.6. The van der Waals surface area contributed by atoms with E-state index in [1.165, 1.54) is 0 Å². The van der Waals surface area contributed by atoms with E-state index in [9.17, 15) is 10.2 Å². The van der Waals surface area contributed by atoms with E-state index >= 15 is 0 Å². The lowest BCUT2D eigenvalue weighted by Crippen LogP contribution is -2.60. The van der Waals surface area contributed by atoms with Crippen LogP contribution in [0.5, 0.6) is 5.75 Å². The highest BCUT2D eigenvalue weighted by molar-refractivity contribution is 5.26. The summed E-state index contributed by atoms with van der Waals surface area (Å²) in [7, 11) is 1.63. The van der Waals surface area contributed by atoms with Crippen LogP contribution in [-0.4, -0.2) is 67.8 Å². The van der Waals surface area contributed by atoms with E-state index in [1.54, 1.807) is 7.11 Å². The minimum atomic E-state index is -1.22. The molecule has 0 amide bonds. The van der Waals surface area contributed by atoms with Crippen LogP contribution in [0.2, 0.25) is 0 Å². The third kappa shape index (κ3) is 8.34. The first-order chi connectivity index (χ1) is 18.6. The van der Waals surface area contributed by atoms with Gasteiger partial charge >= 0.3 is 0 Å². The molecule has 38 heavy (non-hydrogen) atoms. The minimum absolute atomic E-state index is 0.0896. The molecule has 0 saturated carbocycles. The number of ether oxygens (including phenoxy) is 6. The van der Waals surface area contributed by atoms with Crippen LogP contribution >= 0.6 is 0 Å². The molecule has 204 valence electrons. The predicted molar refractivity (Wildman–Crippen MR) is 140 cm³/mol. The van der Waals surface area contributed by atoms with E-state index in [2.05, 4.69) is 0 Å². The van der Waals surface area contributed by atoms with Gasteiger partial charge < -0.3 is 38.6 Å². The maximum atomic E-state index is 10.9. The third-order valence-corrected chi connectivity index (χ3v) is 6.26. The fourth-order valence-electron chi connectivity index (χ4n) is 4.12. The molecule has 2 N–H and O–H groups in total. The average molecular weight is 525 g/mol. The Balaban J connectivity index is 1.31. The first-order valence-corrected chi connectivity index (χ1v) is 12.7. The van der Waals surface area contributed by atoms with Gasteiger partial charge in [0.1, 0.15) is 30.2 Å². The molecule has 1 fully saturated rings. The maximum absolute atomic E-state index is 10.9. The van der Waals surface area contributed by atoms with Crippen LogP contribution in [0.25, 0.3) is 0 Å². The number of rotatable bonds is 14. The molecule has 0 spiro atoms. The summed E-state index contributed by atoms with van der Waals surface area (Å²) >= 11 is 0. The normalized spacial score (nSPS) is 23.3. The van der Waals surface area contributed by atoms with E-state index in [4.69, 9.17) is 28.4 Å². The van der Waals surface area contributed by atoms with Crippen molar-refractivity contribution in [1.29, 1.82) is 0 Å². The number of aliphatic hydroxyl groups excluding tert-OH is 2. The molecular weight excluding hydrogens is 488 g/mol. The molecule has 0 aliphatic carbocycles. The van der Waals surface area contributed by atoms with Crippen molar-refractivity contribution in [2.45, 2.75) is 50.5 Å². The number of benzene rings is 3. The molecule has 1 aliphatic rings. The molecule has 8 nitrogen and oxygen atoms in total. The van der Waals surface area contributed by atoms with Crippen molar-refractivity contribution >= 4 is 0 Å². The number of aliphatic hydroxyl groups is 2. The number of methoxy groups -OCH3 is 1. The molecule has 8 heteroatoms. The van der Waals surface area contributed by atoms with Gasteiger partial charge in [0.15, 0.2) is 6.29 Å². The monoisotopic (exact) mass is 524 g/mol. The first-order valence-electron chi connectivity index (χ1n) is 12.7. The number of hydrogen-bond donors (Lipinski definition) is 2. The van der Waals surface area contributed by atoms with Crippen LogP contribution in [0.3, 0.4) is 0 Å². The van der Waals surface area contributed by atoms with Crippen LogP contribution in [0, 0.1) is 0 Å². The molecular formula is C30H36O8. The molecule has 3 aromatic carbocycles. The SMILES string of the molecule is COc1ccc(COCCO[C@@H]2O[C@H](COCc3ccccc3)[C@H](O)[C@H](O)[C@H]2OCc2ccccc2)cc1. The summed E-state index contributed by atoms with van der Waals surface area (Å²) in [6.45, 7) is 1.64. The van der Waals surface area contributed by atoms with Gasteiger partial charge in [0.25, 0.3) is 0 Å². The topological polar surface area (TPSA) is 95.8 Å². The summed E-state index contributed by atoms with van der Waals surface area (Å²) in [4.78, 5) is 0. The number of hydrogen-bond acceptors (Lipinski definition) is 8. The van der Waals surface area contributed by atoms with E-state index in [0.717, 1.165) is 22.4 Å². The first kappa shape index (κ1) is 28.2. The van der Waals surface area contributed by atoms with Crippen molar-refractivity contribution in [1.82, 2.24) is 0 Å². The van der Waals surface area contributed by atoms with E-state index in [1.807, 2.05) is 84.9 Å². The summed E-state index contributed by atoms with van der Waals surface area (Å²) in [6.07, 6.45) is -5.00. The Morgan fingerprint density at radius 1 is 0.658 bits per heavy atom. The van der Waals surface area contributed by atoms with Crippen molar-refractivity contribution in [3.63, 3.8) is 0 Å². The molecule has 5 atom stereocenters. The van der Waals surface area contributed by atoms with Gasteiger partial charge in [-0.15, -0.1) is 0 Å². The Hall–Kier alpha value is -2.82. The molecule has 1 saturated heterocycles. The Kier molecular flexibility index (Phi) is 11.1. The summed E-state index contributed by atoms with van der Waals surface area (Å²) in [5, 5.41) is 21.7. The second-order valence-corrected chi connectivity index (χ2v) is 9.06. The summed E-state index contributed by atoms with van der Waals surface area (Å²) in [5.41, 5.74) is 2.95. The average Bonchev–Trinajstić information content (AvgIpc) is 2.96. The van der Waals surface area contributed by atoms with Crippen molar-refractivity contribution in [2.24, 2.45) is 0 Å². The molecule has 4 rings (SSSR count). The van der Waals surface area contributed by atoms with Gasteiger partial charge in [-0.05, 0) is 28.8 Å². The van der Waals surface area contributed by atoms with Gasteiger partial charge in [0, 0.05) is 0 Å². The van der Waals surface area contributed by atoms with Crippen molar-refractivity contribution in [2.75, 3.05) is 26.9 Å². The zero-order valence-electron chi connectivity index (χ0n) is 21.6. The Morgan fingerprint density at radius 2 is 1.26 bits per heavy atom. The largest absolute Gasteiger partial charge is 0.497 e. The smallest absolute Gasteiger partial charge is 0.187 e. The minimum Gasteiger partial charge on any atom is -0.497 e. The van der Waals surface area contributed by atoms with Gasteiger partial charge in [0.05, 0.1) is 46.8 Å². The molecule has 1 aliphatic heterocycles. The van der Waals surface area contributed by atoms with Crippen LogP contribution < -0.4 is 4.74 Å². The highest BCUT2D eigenvalue weighted by Gasteiger charge is 2.46. The van der Waals surface area contributed by atoms with E-state index in [-0.39, 0.29) is 19.8 Å². The van der Waals surface area contributed by atoms with Crippen LogP contribution in [0.4, 0.5) is 0 Å². The Labute approximate surface area is 223 Å². The molecule has 1 heterocycles. The second kappa shape index (κ2) is 14.9. The van der Waals surface area contributed by atoms with Crippen LogP contribution in [-0.2, 0) is 43.5 Å². The summed E-state index contributed by atoms with van der Waals surface area (Å²) in [6, 6.07) is 27.0.